The van der Waals surface area contributed by atoms with Crippen LogP contribution in [0.3, 0.4) is 0 Å². The van der Waals surface area contributed by atoms with Crippen LogP contribution in [0.1, 0.15) is 27.9 Å². The number of nitrogens with zero attached hydrogens (tertiary/aromatic N) is 4. The fraction of sp³-hybridized carbons (Fsp3) is 0.455. The summed E-state index contributed by atoms with van der Waals surface area (Å²) < 4.78 is 53.9. The number of amides is 1. The van der Waals surface area contributed by atoms with Crippen LogP contribution in [0.25, 0.3) is 0 Å². The number of aromatic nitrogens is 1. The van der Waals surface area contributed by atoms with Crippen LogP contribution in [0.5, 0.6) is 0 Å². The number of likely N-dealkylation sites (N-methyl/N-ethyl adjacent to an activating group) is 1. The normalized spacial score (nSPS) is 20.0. The number of benzene rings is 1. The van der Waals surface area contributed by atoms with Crippen LogP contribution in [-0.4, -0.2) is 61.2 Å². The third-order valence-corrected chi connectivity index (χ3v) is 6.03. The fourth-order valence-corrected chi connectivity index (χ4v) is 4.44. The highest BCUT2D eigenvalue weighted by Crippen LogP contribution is 2.33. The van der Waals surface area contributed by atoms with Gasteiger partial charge in [-0.15, -0.1) is 0 Å². The van der Waals surface area contributed by atoms with Crippen LogP contribution in [-0.2, 0) is 6.42 Å². The van der Waals surface area contributed by atoms with E-state index < -0.39 is 12.2 Å². The number of anilines is 2. The molecule has 0 N–H and O–H groups in total. The van der Waals surface area contributed by atoms with Crippen molar-refractivity contribution in [1.29, 1.82) is 0 Å². The van der Waals surface area contributed by atoms with Crippen molar-refractivity contribution in [2.24, 2.45) is 0 Å². The number of halogens is 4. The Morgan fingerprint density at radius 3 is 2.68 bits per heavy atom. The maximum Gasteiger partial charge on any atom is 0.405 e. The first-order valence-electron chi connectivity index (χ1n) is 10.2. The highest BCUT2D eigenvalue weighted by Gasteiger charge is 2.45. The molecule has 2 aromatic rings. The third-order valence-electron chi connectivity index (χ3n) is 6.03. The number of fused-ring (bicyclic) bond motifs is 1. The summed E-state index contributed by atoms with van der Waals surface area (Å²) in [5.41, 5.74) is 2.54. The van der Waals surface area contributed by atoms with Gasteiger partial charge in [0, 0.05) is 37.9 Å². The Bertz CT molecular complexity index is 994. The Hall–Kier alpha value is -2.68. The van der Waals surface area contributed by atoms with E-state index in [1.54, 1.807) is 28.9 Å². The number of aryl methyl sites for hydroxylation is 2. The lowest BCUT2D eigenvalue weighted by molar-refractivity contribution is -0.180. The molecule has 5 nitrogen and oxygen atoms in total. The molecule has 1 aromatic carbocycles. The van der Waals surface area contributed by atoms with Gasteiger partial charge in [-0.2, -0.15) is 13.2 Å². The maximum atomic E-state index is 13.8. The number of pyridine rings is 1. The van der Waals surface area contributed by atoms with E-state index in [1.807, 2.05) is 0 Å². The molecular formula is C22H24F4N4O. The molecule has 0 spiro atoms. The van der Waals surface area contributed by atoms with Crippen molar-refractivity contribution in [3.63, 3.8) is 0 Å². The fourth-order valence-electron chi connectivity index (χ4n) is 4.44. The van der Waals surface area contributed by atoms with Gasteiger partial charge in [0.15, 0.2) is 0 Å². The van der Waals surface area contributed by atoms with E-state index >= 15 is 0 Å². The van der Waals surface area contributed by atoms with Gasteiger partial charge in [0.2, 0.25) is 0 Å². The lowest BCUT2D eigenvalue weighted by Gasteiger charge is -2.40. The summed E-state index contributed by atoms with van der Waals surface area (Å²) in [6, 6.07) is 4.39. The van der Waals surface area contributed by atoms with Gasteiger partial charge in [-0.05, 0) is 62.2 Å². The predicted octanol–water partition coefficient (Wildman–Crippen LogP) is 3.80. The molecule has 3 heterocycles. The SMILES string of the molecule is Cc1cc(F)cc2c1N(C(=O)c1ccnc(N3CCN(C)C(C(F)(F)F)C3)c1)CCC2. The molecule has 0 radical (unpaired) electrons. The zero-order valence-corrected chi connectivity index (χ0v) is 17.4. The van der Waals surface area contributed by atoms with E-state index in [-0.39, 0.29) is 24.8 Å². The first-order valence-corrected chi connectivity index (χ1v) is 10.2. The van der Waals surface area contributed by atoms with Gasteiger partial charge < -0.3 is 9.80 Å². The number of hydrogen-bond donors (Lipinski definition) is 0. The summed E-state index contributed by atoms with van der Waals surface area (Å²) >= 11 is 0. The second kappa shape index (κ2) is 8.11. The van der Waals surface area contributed by atoms with Gasteiger partial charge >= 0.3 is 6.18 Å². The number of rotatable bonds is 2. The van der Waals surface area contributed by atoms with E-state index in [1.165, 1.54) is 30.3 Å². The van der Waals surface area contributed by atoms with E-state index in [2.05, 4.69) is 4.98 Å². The highest BCUT2D eigenvalue weighted by molar-refractivity contribution is 6.07. The zero-order chi connectivity index (χ0) is 22.3. The van der Waals surface area contributed by atoms with Crippen molar-refractivity contribution in [2.75, 3.05) is 43.0 Å². The number of hydrogen-bond acceptors (Lipinski definition) is 4. The number of piperazine rings is 1. The van der Waals surface area contributed by atoms with Crippen molar-refractivity contribution in [3.05, 3.63) is 53.0 Å². The number of alkyl halides is 3. The summed E-state index contributed by atoms with van der Waals surface area (Å²) in [6.45, 7) is 2.66. The van der Waals surface area contributed by atoms with Crippen LogP contribution < -0.4 is 9.80 Å². The molecule has 166 valence electrons. The third kappa shape index (κ3) is 4.23. The zero-order valence-electron chi connectivity index (χ0n) is 17.4. The number of carbonyl (C=O) groups is 1. The average molecular weight is 436 g/mol. The summed E-state index contributed by atoms with van der Waals surface area (Å²) in [5.74, 6) is -0.243. The Labute approximate surface area is 178 Å². The number of carbonyl (C=O) groups excluding carboxylic acids is 1. The van der Waals surface area contributed by atoms with Crippen molar-refractivity contribution in [3.8, 4) is 0 Å². The van der Waals surface area contributed by atoms with Crippen LogP contribution in [0, 0.1) is 12.7 Å². The second-order valence-corrected chi connectivity index (χ2v) is 8.18. The Morgan fingerprint density at radius 1 is 1.16 bits per heavy atom. The van der Waals surface area contributed by atoms with E-state index in [0.29, 0.717) is 48.6 Å². The minimum absolute atomic E-state index is 0.240. The molecule has 4 rings (SSSR count). The van der Waals surface area contributed by atoms with Crippen molar-refractivity contribution < 1.29 is 22.4 Å². The summed E-state index contributed by atoms with van der Waals surface area (Å²) in [5, 5.41) is 0. The van der Waals surface area contributed by atoms with Crippen LogP contribution in [0.15, 0.2) is 30.5 Å². The molecule has 0 saturated carbocycles. The van der Waals surface area contributed by atoms with Gasteiger partial charge in [0.05, 0.1) is 5.69 Å². The average Bonchev–Trinajstić information content (AvgIpc) is 2.72. The van der Waals surface area contributed by atoms with Crippen molar-refractivity contribution >= 4 is 17.4 Å². The second-order valence-electron chi connectivity index (χ2n) is 8.18. The minimum Gasteiger partial charge on any atom is -0.353 e. The van der Waals surface area contributed by atoms with Gasteiger partial charge in [-0.1, -0.05) is 0 Å². The summed E-state index contributed by atoms with van der Waals surface area (Å²) in [6.07, 6.45) is -1.48. The van der Waals surface area contributed by atoms with Gasteiger partial charge in [0.25, 0.3) is 5.91 Å². The minimum atomic E-state index is -4.34. The predicted molar refractivity (Wildman–Crippen MR) is 110 cm³/mol. The first-order chi connectivity index (χ1) is 14.6. The molecule has 1 fully saturated rings. The monoisotopic (exact) mass is 436 g/mol. The van der Waals surface area contributed by atoms with Gasteiger partial charge in [-0.3, -0.25) is 9.69 Å². The molecule has 31 heavy (non-hydrogen) atoms. The molecule has 2 aliphatic rings. The molecule has 9 heteroatoms. The lowest BCUT2D eigenvalue weighted by Crippen LogP contribution is -2.57. The Balaban J connectivity index is 1.61. The Kier molecular flexibility index (Phi) is 5.63. The van der Waals surface area contributed by atoms with E-state index in [9.17, 15) is 22.4 Å². The standard InChI is InChI=1S/C22H24F4N4O/c1-14-10-17(23)11-15-4-3-7-30(20(14)15)21(31)16-5-6-27-19(12-16)29-9-8-28(2)18(13-29)22(24,25)26/h5-6,10-12,18H,3-4,7-9,13H2,1-2H3. The van der Waals surface area contributed by atoms with E-state index in [4.69, 9.17) is 0 Å². The van der Waals surface area contributed by atoms with Crippen LogP contribution >= 0.6 is 0 Å². The summed E-state index contributed by atoms with van der Waals surface area (Å²) in [7, 11) is 1.46. The molecule has 1 amide bonds. The van der Waals surface area contributed by atoms with Gasteiger partial charge in [0.1, 0.15) is 17.7 Å². The molecule has 1 atom stereocenters. The van der Waals surface area contributed by atoms with Crippen molar-refractivity contribution in [1.82, 2.24) is 9.88 Å². The molecule has 1 unspecified atom stereocenters. The Morgan fingerprint density at radius 2 is 1.94 bits per heavy atom. The first kappa shape index (κ1) is 21.5. The van der Waals surface area contributed by atoms with Crippen LogP contribution in [0.4, 0.5) is 29.1 Å². The molecule has 1 aromatic heterocycles. The summed E-state index contributed by atoms with van der Waals surface area (Å²) in [4.78, 5) is 22.0. The quantitative estimate of drug-likeness (QED) is 0.672. The largest absolute Gasteiger partial charge is 0.405 e. The molecule has 2 aliphatic heterocycles. The molecule has 1 saturated heterocycles. The van der Waals surface area contributed by atoms with Gasteiger partial charge in [-0.25, -0.2) is 9.37 Å². The van der Waals surface area contributed by atoms with E-state index in [0.717, 1.165) is 5.56 Å². The topological polar surface area (TPSA) is 39.7 Å². The molecule has 0 bridgehead atoms. The molecular weight excluding hydrogens is 412 g/mol. The highest BCUT2D eigenvalue weighted by atomic mass is 19.4. The molecule has 0 aliphatic carbocycles. The smallest absolute Gasteiger partial charge is 0.353 e. The lowest BCUT2D eigenvalue weighted by atomic mass is 9.97. The maximum absolute atomic E-state index is 13.8. The van der Waals surface area contributed by atoms with Crippen LogP contribution in [0.2, 0.25) is 0 Å². The van der Waals surface area contributed by atoms with Crippen molar-refractivity contribution in [2.45, 2.75) is 32.0 Å².